The first-order chi connectivity index (χ1) is 11.8. The van der Waals surface area contributed by atoms with E-state index in [1.807, 2.05) is 24.3 Å². The Hall–Kier alpha value is -2.28. The second kappa shape index (κ2) is 6.92. The van der Waals surface area contributed by atoms with E-state index in [9.17, 15) is 18.0 Å². The maximum absolute atomic E-state index is 12.6. The number of halogens is 4. The Morgan fingerprint density at radius 1 is 1.24 bits per heavy atom. The van der Waals surface area contributed by atoms with Gasteiger partial charge in [0.05, 0.1) is 10.6 Å². The highest BCUT2D eigenvalue weighted by Crippen LogP contribution is 2.32. The molecule has 2 heterocycles. The summed E-state index contributed by atoms with van der Waals surface area (Å²) < 4.78 is 37.8. The molecule has 2 aromatic rings. The number of carbonyl (C=O) groups excluding carboxylic acids is 1. The minimum atomic E-state index is -4.47. The van der Waals surface area contributed by atoms with E-state index in [-0.39, 0.29) is 16.7 Å². The SMILES string of the molecule is O=C1CCCN1c1ccc(CNc2ncc(C(F)(F)F)cc2Cl)cc1. The van der Waals surface area contributed by atoms with Crippen LogP contribution in [0, 0.1) is 0 Å². The molecule has 0 saturated carbocycles. The Labute approximate surface area is 147 Å². The first kappa shape index (κ1) is 17.5. The molecule has 1 fully saturated rings. The normalized spacial score (nSPS) is 14.9. The molecule has 25 heavy (non-hydrogen) atoms. The van der Waals surface area contributed by atoms with Crippen LogP contribution in [0.4, 0.5) is 24.7 Å². The Morgan fingerprint density at radius 3 is 2.52 bits per heavy atom. The fourth-order valence-corrected chi connectivity index (χ4v) is 2.86. The molecular formula is C17H15ClF3N3O. The Bertz CT molecular complexity index is 778. The molecule has 3 rings (SSSR count). The summed E-state index contributed by atoms with van der Waals surface area (Å²) in [6.45, 7) is 1.08. The van der Waals surface area contributed by atoms with Crippen LogP contribution in [-0.2, 0) is 17.5 Å². The molecule has 0 radical (unpaired) electrons. The monoisotopic (exact) mass is 369 g/mol. The lowest BCUT2D eigenvalue weighted by molar-refractivity contribution is -0.137. The summed E-state index contributed by atoms with van der Waals surface area (Å²) in [4.78, 5) is 17.2. The molecule has 132 valence electrons. The zero-order chi connectivity index (χ0) is 18.0. The van der Waals surface area contributed by atoms with Crippen LogP contribution in [-0.4, -0.2) is 17.4 Å². The topological polar surface area (TPSA) is 45.2 Å². The third kappa shape index (κ3) is 4.04. The van der Waals surface area contributed by atoms with Crippen molar-refractivity contribution in [2.75, 3.05) is 16.8 Å². The molecule has 0 spiro atoms. The van der Waals surface area contributed by atoms with Crippen molar-refractivity contribution in [3.63, 3.8) is 0 Å². The quantitative estimate of drug-likeness (QED) is 0.863. The van der Waals surface area contributed by atoms with E-state index < -0.39 is 11.7 Å². The van der Waals surface area contributed by atoms with Gasteiger partial charge in [0.2, 0.25) is 5.91 Å². The van der Waals surface area contributed by atoms with Crippen LogP contribution in [0.1, 0.15) is 24.0 Å². The van der Waals surface area contributed by atoms with Crippen molar-refractivity contribution in [2.45, 2.75) is 25.6 Å². The summed E-state index contributed by atoms with van der Waals surface area (Å²) in [5, 5.41) is 2.83. The summed E-state index contributed by atoms with van der Waals surface area (Å²) in [6.07, 6.45) is -2.30. The molecule has 0 bridgehead atoms. The van der Waals surface area contributed by atoms with Gasteiger partial charge in [-0.25, -0.2) is 4.98 Å². The zero-order valence-corrected chi connectivity index (χ0v) is 13.9. The molecule has 1 aliphatic rings. The fraction of sp³-hybridized carbons (Fsp3) is 0.294. The molecule has 8 heteroatoms. The standard InChI is InChI=1S/C17H15ClF3N3O/c18-14-8-12(17(19,20)21)10-23-16(14)22-9-11-3-5-13(6-4-11)24-7-1-2-15(24)25/h3-6,8,10H,1-2,7,9H2,(H,22,23). The molecule has 1 aliphatic heterocycles. The lowest BCUT2D eigenvalue weighted by atomic mass is 10.2. The maximum atomic E-state index is 12.6. The van der Waals surface area contributed by atoms with Crippen LogP contribution in [0.3, 0.4) is 0 Å². The minimum Gasteiger partial charge on any atom is -0.365 e. The van der Waals surface area contributed by atoms with Crippen LogP contribution in [0.2, 0.25) is 5.02 Å². The molecule has 1 N–H and O–H groups in total. The number of rotatable bonds is 4. The van der Waals surface area contributed by atoms with Gasteiger partial charge in [-0.3, -0.25) is 4.79 Å². The van der Waals surface area contributed by atoms with E-state index in [0.717, 1.165) is 36.5 Å². The van der Waals surface area contributed by atoms with Crippen LogP contribution in [0.5, 0.6) is 0 Å². The summed E-state index contributed by atoms with van der Waals surface area (Å²) >= 11 is 5.86. The van der Waals surface area contributed by atoms with Crippen molar-refractivity contribution in [1.82, 2.24) is 4.98 Å². The Morgan fingerprint density at radius 2 is 1.96 bits per heavy atom. The van der Waals surface area contributed by atoms with Crippen LogP contribution in [0.25, 0.3) is 0 Å². The van der Waals surface area contributed by atoms with E-state index in [0.29, 0.717) is 13.0 Å². The van der Waals surface area contributed by atoms with Gasteiger partial charge in [-0.2, -0.15) is 13.2 Å². The number of amides is 1. The largest absolute Gasteiger partial charge is 0.417 e. The molecular weight excluding hydrogens is 355 g/mol. The number of benzene rings is 1. The Balaban J connectivity index is 1.65. The number of alkyl halides is 3. The van der Waals surface area contributed by atoms with Crippen molar-refractivity contribution >= 4 is 29.0 Å². The van der Waals surface area contributed by atoms with E-state index in [2.05, 4.69) is 10.3 Å². The molecule has 0 aliphatic carbocycles. The molecule has 1 aromatic carbocycles. The number of pyridine rings is 1. The smallest absolute Gasteiger partial charge is 0.365 e. The number of hydrogen-bond acceptors (Lipinski definition) is 3. The van der Waals surface area contributed by atoms with Gasteiger partial charge >= 0.3 is 6.18 Å². The number of hydrogen-bond donors (Lipinski definition) is 1. The second-order valence-corrected chi connectivity index (χ2v) is 6.13. The lowest BCUT2D eigenvalue weighted by Crippen LogP contribution is -2.23. The van der Waals surface area contributed by atoms with Gasteiger partial charge < -0.3 is 10.2 Å². The molecule has 0 unspecified atom stereocenters. The highest BCUT2D eigenvalue weighted by molar-refractivity contribution is 6.32. The van der Waals surface area contributed by atoms with Gasteiger partial charge in [0.1, 0.15) is 5.82 Å². The third-order valence-electron chi connectivity index (χ3n) is 3.95. The Kier molecular flexibility index (Phi) is 4.85. The highest BCUT2D eigenvalue weighted by atomic mass is 35.5. The van der Waals surface area contributed by atoms with Crippen LogP contribution >= 0.6 is 11.6 Å². The summed E-state index contributed by atoms with van der Waals surface area (Å²) in [6, 6.07) is 8.25. The van der Waals surface area contributed by atoms with Gasteiger partial charge in [0.15, 0.2) is 0 Å². The van der Waals surface area contributed by atoms with E-state index in [1.165, 1.54) is 0 Å². The number of nitrogens with one attached hydrogen (secondary N) is 1. The number of aromatic nitrogens is 1. The number of anilines is 2. The van der Waals surface area contributed by atoms with E-state index >= 15 is 0 Å². The predicted octanol–water partition coefficient (Wildman–Crippen LogP) is 4.49. The van der Waals surface area contributed by atoms with Crippen molar-refractivity contribution in [3.8, 4) is 0 Å². The van der Waals surface area contributed by atoms with Crippen LogP contribution in [0.15, 0.2) is 36.5 Å². The van der Waals surface area contributed by atoms with Gasteiger partial charge in [-0.1, -0.05) is 23.7 Å². The molecule has 1 amide bonds. The van der Waals surface area contributed by atoms with Gasteiger partial charge in [-0.15, -0.1) is 0 Å². The molecule has 1 saturated heterocycles. The summed E-state index contributed by atoms with van der Waals surface area (Å²) in [7, 11) is 0. The lowest BCUT2D eigenvalue weighted by Gasteiger charge is -2.16. The van der Waals surface area contributed by atoms with Gasteiger partial charge in [0, 0.05) is 31.4 Å². The molecule has 0 atom stereocenters. The first-order valence-electron chi connectivity index (χ1n) is 7.70. The molecule has 4 nitrogen and oxygen atoms in total. The third-order valence-corrected chi connectivity index (χ3v) is 4.24. The second-order valence-electron chi connectivity index (χ2n) is 5.72. The van der Waals surface area contributed by atoms with Crippen molar-refractivity contribution in [1.29, 1.82) is 0 Å². The number of nitrogens with zero attached hydrogens (tertiary/aromatic N) is 2. The fourth-order valence-electron chi connectivity index (χ4n) is 2.62. The average molecular weight is 370 g/mol. The highest BCUT2D eigenvalue weighted by Gasteiger charge is 2.31. The van der Waals surface area contributed by atoms with E-state index in [4.69, 9.17) is 11.6 Å². The summed E-state index contributed by atoms with van der Waals surface area (Å²) in [5.74, 6) is 0.306. The van der Waals surface area contributed by atoms with E-state index in [1.54, 1.807) is 4.90 Å². The van der Waals surface area contributed by atoms with Gasteiger partial charge in [0.25, 0.3) is 0 Å². The van der Waals surface area contributed by atoms with Crippen molar-refractivity contribution in [3.05, 3.63) is 52.7 Å². The zero-order valence-electron chi connectivity index (χ0n) is 13.1. The van der Waals surface area contributed by atoms with Crippen LogP contribution < -0.4 is 10.2 Å². The van der Waals surface area contributed by atoms with Crippen molar-refractivity contribution < 1.29 is 18.0 Å². The number of carbonyl (C=O) groups is 1. The first-order valence-corrected chi connectivity index (χ1v) is 8.08. The molecule has 1 aromatic heterocycles. The van der Waals surface area contributed by atoms with Gasteiger partial charge in [-0.05, 0) is 30.2 Å². The maximum Gasteiger partial charge on any atom is 0.417 e. The van der Waals surface area contributed by atoms with Crippen molar-refractivity contribution in [2.24, 2.45) is 0 Å². The average Bonchev–Trinajstić information content (AvgIpc) is 2.99. The minimum absolute atomic E-state index is 0.0888. The summed E-state index contributed by atoms with van der Waals surface area (Å²) in [5.41, 5.74) is 0.854. The predicted molar refractivity (Wildman–Crippen MR) is 89.6 cm³/mol.